The Morgan fingerprint density at radius 3 is 2.83 bits per heavy atom. The third-order valence-corrected chi connectivity index (χ3v) is 4.79. The summed E-state index contributed by atoms with van der Waals surface area (Å²) in [5, 5.41) is 15.8. The third kappa shape index (κ3) is 2.46. The number of β-amino-alcohol motifs (C(OH)–C–C–N with tert-alkyl or cyclic N) is 1. The van der Waals surface area contributed by atoms with Gasteiger partial charge in [0.1, 0.15) is 11.6 Å². The fourth-order valence-corrected chi connectivity index (χ4v) is 3.59. The average molecular weight is 323 g/mol. The normalized spacial score (nSPS) is 21.1. The van der Waals surface area contributed by atoms with Gasteiger partial charge in [-0.25, -0.2) is 4.98 Å². The molecule has 0 amide bonds. The number of benzene rings is 2. The van der Waals surface area contributed by atoms with Gasteiger partial charge in [-0.15, -0.1) is 0 Å². The van der Waals surface area contributed by atoms with Crippen LogP contribution in [0.1, 0.15) is 12.5 Å². The molecule has 0 bridgehead atoms. The highest BCUT2D eigenvalue weighted by molar-refractivity contribution is 5.98. The van der Waals surface area contributed by atoms with Gasteiger partial charge in [-0.3, -0.25) is 0 Å². The van der Waals surface area contributed by atoms with Crippen LogP contribution in [-0.2, 0) is 0 Å². The molecule has 2 aromatic carbocycles. The second kappa shape index (κ2) is 6.26. The van der Waals surface area contributed by atoms with Crippen LogP contribution in [0.25, 0.3) is 22.2 Å². The Bertz CT molecular complexity index is 859. The summed E-state index contributed by atoms with van der Waals surface area (Å²) < 4.78 is 7.60. The lowest BCUT2D eigenvalue weighted by Crippen LogP contribution is -2.41. The molecule has 1 aliphatic heterocycles. The molecule has 1 aliphatic rings. The smallest absolute Gasteiger partial charge is 0.140 e. The van der Waals surface area contributed by atoms with E-state index in [9.17, 15) is 5.11 Å². The lowest BCUT2D eigenvalue weighted by Gasteiger charge is -2.30. The lowest BCUT2D eigenvalue weighted by molar-refractivity contribution is 0.0880. The SMILES string of the molecule is COc1ccc(-c2nccn2[C@H]2CCNC[C@@H]2O)c2ccccc12. The summed E-state index contributed by atoms with van der Waals surface area (Å²) in [6.07, 6.45) is 4.26. The number of aromatic nitrogens is 2. The minimum atomic E-state index is -0.406. The molecule has 1 aromatic heterocycles. The summed E-state index contributed by atoms with van der Waals surface area (Å²) in [6.45, 7) is 1.52. The number of imidazole rings is 1. The Kier molecular flexibility index (Phi) is 3.96. The zero-order valence-electron chi connectivity index (χ0n) is 13.6. The van der Waals surface area contributed by atoms with Crippen molar-refractivity contribution >= 4 is 10.8 Å². The van der Waals surface area contributed by atoms with Gasteiger partial charge in [0.2, 0.25) is 0 Å². The minimum absolute atomic E-state index is 0.0459. The minimum Gasteiger partial charge on any atom is -0.496 e. The number of methoxy groups -OCH3 is 1. The summed E-state index contributed by atoms with van der Waals surface area (Å²) in [5.41, 5.74) is 1.06. The van der Waals surface area contributed by atoms with Crippen LogP contribution in [0.2, 0.25) is 0 Å². The van der Waals surface area contributed by atoms with E-state index in [2.05, 4.69) is 27.0 Å². The van der Waals surface area contributed by atoms with Gasteiger partial charge < -0.3 is 19.7 Å². The van der Waals surface area contributed by atoms with Crippen molar-refractivity contribution in [3.63, 3.8) is 0 Å². The summed E-state index contributed by atoms with van der Waals surface area (Å²) in [4.78, 5) is 4.59. The monoisotopic (exact) mass is 323 g/mol. The highest BCUT2D eigenvalue weighted by Gasteiger charge is 2.26. The second-order valence-corrected chi connectivity index (χ2v) is 6.15. The van der Waals surface area contributed by atoms with Gasteiger partial charge in [0.05, 0.1) is 19.3 Å². The molecule has 124 valence electrons. The summed E-state index contributed by atoms with van der Waals surface area (Å²) in [5.74, 6) is 1.74. The van der Waals surface area contributed by atoms with E-state index in [-0.39, 0.29) is 6.04 Å². The summed E-state index contributed by atoms with van der Waals surface area (Å²) in [7, 11) is 1.69. The van der Waals surface area contributed by atoms with E-state index in [1.807, 2.05) is 36.7 Å². The predicted molar refractivity (Wildman–Crippen MR) is 94.3 cm³/mol. The van der Waals surface area contributed by atoms with Crippen LogP contribution < -0.4 is 10.1 Å². The van der Waals surface area contributed by atoms with Gasteiger partial charge in [-0.2, -0.15) is 0 Å². The first-order valence-corrected chi connectivity index (χ1v) is 8.27. The molecule has 2 atom stereocenters. The maximum Gasteiger partial charge on any atom is 0.140 e. The maximum atomic E-state index is 10.4. The molecule has 1 fully saturated rings. The summed E-state index contributed by atoms with van der Waals surface area (Å²) in [6, 6.07) is 12.3. The highest BCUT2D eigenvalue weighted by atomic mass is 16.5. The Morgan fingerprint density at radius 1 is 1.21 bits per heavy atom. The molecule has 4 rings (SSSR count). The van der Waals surface area contributed by atoms with Crippen molar-refractivity contribution in [3.05, 3.63) is 48.8 Å². The van der Waals surface area contributed by atoms with E-state index < -0.39 is 6.10 Å². The molecule has 0 spiro atoms. The molecule has 0 unspecified atom stereocenters. The highest BCUT2D eigenvalue weighted by Crippen LogP contribution is 2.35. The van der Waals surface area contributed by atoms with Crippen molar-refractivity contribution in [2.24, 2.45) is 0 Å². The van der Waals surface area contributed by atoms with Gasteiger partial charge in [-0.05, 0) is 30.5 Å². The fourth-order valence-electron chi connectivity index (χ4n) is 3.59. The van der Waals surface area contributed by atoms with Crippen LogP contribution in [0.15, 0.2) is 48.8 Å². The number of nitrogens with one attached hydrogen (secondary N) is 1. The van der Waals surface area contributed by atoms with Crippen LogP contribution >= 0.6 is 0 Å². The molecule has 5 nitrogen and oxygen atoms in total. The number of ether oxygens (including phenoxy) is 1. The Morgan fingerprint density at radius 2 is 2.04 bits per heavy atom. The zero-order valence-corrected chi connectivity index (χ0v) is 13.6. The van der Waals surface area contributed by atoms with Crippen LogP contribution in [-0.4, -0.2) is 41.0 Å². The Labute approximate surface area is 140 Å². The number of aliphatic hydroxyl groups excluding tert-OH is 1. The molecule has 0 aliphatic carbocycles. The molecule has 5 heteroatoms. The van der Waals surface area contributed by atoms with Crippen LogP contribution in [0.3, 0.4) is 0 Å². The van der Waals surface area contributed by atoms with E-state index >= 15 is 0 Å². The molecule has 1 saturated heterocycles. The van der Waals surface area contributed by atoms with Crippen molar-refractivity contribution in [3.8, 4) is 17.1 Å². The lowest BCUT2D eigenvalue weighted by atomic mass is 10.0. The topological polar surface area (TPSA) is 59.3 Å². The van der Waals surface area contributed by atoms with Gasteiger partial charge in [-0.1, -0.05) is 24.3 Å². The zero-order chi connectivity index (χ0) is 16.5. The fraction of sp³-hybridized carbons (Fsp3) is 0.316. The van der Waals surface area contributed by atoms with Crippen LogP contribution in [0.5, 0.6) is 5.75 Å². The van der Waals surface area contributed by atoms with Gasteiger partial charge in [0, 0.05) is 29.9 Å². The van der Waals surface area contributed by atoms with Crippen molar-refractivity contribution in [2.75, 3.05) is 20.2 Å². The van der Waals surface area contributed by atoms with Crippen molar-refractivity contribution < 1.29 is 9.84 Å². The first-order valence-electron chi connectivity index (χ1n) is 8.27. The molecule has 24 heavy (non-hydrogen) atoms. The van der Waals surface area contributed by atoms with E-state index in [1.165, 1.54) is 0 Å². The molecular formula is C19H21N3O2. The Balaban J connectivity index is 1.86. The third-order valence-electron chi connectivity index (χ3n) is 4.79. The number of fused-ring (bicyclic) bond motifs is 1. The molecule has 3 aromatic rings. The summed E-state index contributed by atoms with van der Waals surface area (Å²) >= 11 is 0. The number of aliphatic hydroxyl groups is 1. The quantitative estimate of drug-likeness (QED) is 0.778. The standard InChI is InChI=1S/C19H21N3O2/c1-24-18-7-6-15(13-4-2-3-5-14(13)18)19-21-10-11-22(19)16-8-9-20-12-17(16)23/h2-7,10-11,16-17,20,23H,8-9,12H2,1H3/t16-,17-/m0/s1. The van der Waals surface area contributed by atoms with Gasteiger partial charge in [0.15, 0.2) is 0 Å². The predicted octanol–water partition coefficient (Wildman–Crippen LogP) is 2.61. The van der Waals surface area contributed by atoms with Crippen LogP contribution in [0.4, 0.5) is 0 Å². The van der Waals surface area contributed by atoms with Crippen molar-refractivity contribution in [2.45, 2.75) is 18.6 Å². The number of hydrogen-bond acceptors (Lipinski definition) is 4. The maximum absolute atomic E-state index is 10.4. The molecule has 0 saturated carbocycles. The second-order valence-electron chi connectivity index (χ2n) is 6.15. The number of piperidine rings is 1. The van der Waals surface area contributed by atoms with E-state index in [0.717, 1.165) is 40.9 Å². The van der Waals surface area contributed by atoms with Crippen molar-refractivity contribution in [1.82, 2.24) is 14.9 Å². The number of hydrogen-bond donors (Lipinski definition) is 2. The van der Waals surface area contributed by atoms with E-state index in [4.69, 9.17) is 4.74 Å². The van der Waals surface area contributed by atoms with Crippen LogP contribution in [0, 0.1) is 0 Å². The first kappa shape index (κ1) is 15.2. The largest absolute Gasteiger partial charge is 0.496 e. The average Bonchev–Trinajstić information content (AvgIpc) is 3.10. The molecule has 2 N–H and O–H groups in total. The van der Waals surface area contributed by atoms with Crippen molar-refractivity contribution in [1.29, 1.82) is 0 Å². The van der Waals surface area contributed by atoms with E-state index in [1.54, 1.807) is 7.11 Å². The molecule has 0 radical (unpaired) electrons. The number of nitrogens with zero attached hydrogens (tertiary/aromatic N) is 2. The first-order chi connectivity index (χ1) is 11.8. The molecular weight excluding hydrogens is 302 g/mol. The Hall–Kier alpha value is -2.37. The van der Waals surface area contributed by atoms with Gasteiger partial charge in [0.25, 0.3) is 0 Å². The van der Waals surface area contributed by atoms with E-state index in [0.29, 0.717) is 6.54 Å². The number of rotatable bonds is 3. The van der Waals surface area contributed by atoms with Gasteiger partial charge >= 0.3 is 0 Å². The molecule has 2 heterocycles.